The van der Waals surface area contributed by atoms with Gasteiger partial charge in [-0.1, -0.05) is 20.8 Å². The molecule has 4 heteroatoms. The van der Waals surface area contributed by atoms with E-state index >= 15 is 0 Å². The molecule has 0 aliphatic heterocycles. The first-order valence-corrected chi connectivity index (χ1v) is 6.32. The number of aryl methyl sites for hydroxylation is 1. The van der Waals surface area contributed by atoms with Gasteiger partial charge in [0.2, 0.25) is 0 Å². The van der Waals surface area contributed by atoms with Crippen molar-refractivity contribution in [2.75, 3.05) is 11.5 Å². The Bertz CT molecular complexity index is 361. The summed E-state index contributed by atoms with van der Waals surface area (Å²) in [5.41, 5.74) is 7.50. The van der Waals surface area contributed by atoms with Crippen LogP contribution in [0.3, 0.4) is 0 Å². The summed E-state index contributed by atoms with van der Waals surface area (Å²) in [6, 6.07) is 1.90. The van der Waals surface area contributed by atoms with E-state index in [1.165, 1.54) is 0 Å². The summed E-state index contributed by atoms with van der Waals surface area (Å²) in [4.78, 5) is 4.05. The van der Waals surface area contributed by atoms with Crippen LogP contribution in [0.15, 0.2) is 12.3 Å². The lowest BCUT2D eigenvalue weighted by Crippen LogP contribution is -2.13. The first kappa shape index (κ1) is 13.3. The average molecular weight is 240 g/mol. The summed E-state index contributed by atoms with van der Waals surface area (Å²) < 4.78 is 0.146. The predicted octanol–water partition coefficient (Wildman–Crippen LogP) is 2.54. The van der Waals surface area contributed by atoms with Crippen LogP contribution < -0.4 is 5.73 Å². The second kappa shape index (κ2) is 5.06. The normalized spacial score (nSPS) is 13.8. The minimum absolute atomic E-state index is 0.146. The van der Waals surface area contributed by atoms with Crippen LogP contribution in [0.4, 0.5) is 5.82 Å². The molecule has 1 heterocycles. The van der Waals surface area contributed by atoms with E-state index in [1.807, 2.05) is 13.0 Å². The van der Waals surface area contributed by atoms with E-state index in [-0.39, 0.29) is 4.75 Å². The van der Waals surface area contributed by atoms with Crippen LogP contribution in [0.5, 0.6) is 0 Å². The van der Waals surface area contributed by atoms with Gasteiger partial charge >= 0.3 is 0 Å². The highest BCUT2D eigenvalue weighted by Gasteiger charge is 2.17. The van der Waals surface area contributed by atoms with Crippen molar-refractivity contribution < 1.29 is 5.11 Å². The minimum atomic E-state index is -0.545. The number of nitrogen functional groups attached to an aromatic ring is 1. The van der Waals surface area contributed by atoms with Crippen molar-refractivity contribution in [2.24, 2.45) is 0 Å². The van der Waals surface area contributed by atoms with Gasteiger partial charge in [0, 0.05) is 22.3 Å². The van der Waals surface area contributed by atoms with Gasteiger partial charge in [-0.15, -0.1) is 0 Å². The number of hydrogen-bond donors (Lipinski definition) is 2. The molecule has 3 nitrogen and oxygen atoms in total. The molecule has 0 bridgehead atoms. The van der Waals surface area contributed by atoms with Crippen LogP contribution >= 0.6 is 11.8 Å². The van der Waals surface area contributed by atoms with Crippen molar-refractivity contribution in [2.45, 2.75) is 38.5 Å². The van der Waals surface area contributed by atoms with E-state index in [1.54, 1.807) is 18.0 Å². The number of aromatic nitrogens is 1. The van der Waals surface area contributed by atoms with Crippen LogP contribution in [0.25, 0.3) is 0 Å². The number of pyridine rings is 1. The monoisotopic (exact) mass is 240 g/mol. The Morgan fingerprint density at radius 2 is 2.12 bits per heavy atom. The summed E-state index contributed by atoms with van der Waals surface area (Å²) >= 11 is 1.72. The Morgan fingerprint density at radius 1 is 1.50 bits per heavy atom. The zero-order chi connectivity index (χ0) is 12.3. The quantitative estimate of drug-likeness (QED) is 0.852. The molecule has 1 rings (SSSR count). The topological polar surface area (TPSA) is 59.1 Å². The number of rotatable bonds is 3. The lowest BCUT2D eigenvalue weighted by Gasteiger charge is -2.20. The van der Waals surface area contributed by atoms with E-state index in [2.05, 4.69) is 25.8 Å². The molecule has 0 saturated carbocycles. The molecule has 90 valence electrons. The van der Waals surface area contributed by atoms with Crippen molar-refractivity contribution >= 4 is 17.6 Å². The number of nitrogens with two attached hydrogens (primary N) is 1. The van der Waals surface area contributed by atoms with Crippen LogP contribution in [0.1, 0.15) is 38.0 Å². The van der Waals surface area contributed by atoms with Gasteiger partial charge in [-0.2, -0.15) is 11.8 Å². The number of aliphatic hydroxyl groups excluding tert-OH is 1. The third kappa shape index (κ3) is 4.02. The van der Waals surface area contributed by atoms with Gasteiger partial charge in [0.05, 0.1) is 6.10 Å². The molecular formula is C12H20N2OS. The van der Waals surface area contributed by atoms with E-state index in [0.29, 0.717) is 11.6 Å². The van der Waals surface area contributed by atoms with Crippen LogP contribution in [0, 0.1) is 6.92 Å². The van der Waals surface area contributed by atoms with Gasteiger partial charge in [0.25, 0.3) is 0 Å². The van der Waals surface area contributed by atoms with Crippen molar-refractivity contribution in [1.29, 1.82) is 0 Å². The fourth-order valence-electron chi connectivity index (χ4n) is 1.29. The van der Waals surface area contributed by atoms with E-state index in [0.717, 1.165) is 11.1 Å². The summed E-state index contributed by atoms with van der Waals surface area (Å²) in [6.45, 7) is 8.33. The highest BCUT2D eigenvalue weighted by molar-refractivity contribution is 8.00. The second-order valence-electron chi connectivity index (χ2n) is 4.93. The third-order valence-corrected chi connectivity index (χ3v) is 3.47. The highest BCUT2D eigenvalue weighted by Crippen LogP contribution is 2.29. The minimum Gasteiger partial charge on any atom is -0.387 e. The van der Waals surface area contributed by atoms with Gasteiger partial charge in [-0.05, 0) is 18.6 Å². The number of nitrogens with zero attached hydrogens (tertiary/aromatic N) is 1. The lowest BCUT2D eigenvalue weighted by atomic mass is 10.1. The van der Waals surface area contributed by atoms with Crippen molar-refractivity contribution in [1.82, 2.24) is 4.98 Å². The standard InChI is InChI=1S/C12H20N2OS/c1-8-5-9(11(13)14-6-8)10(15)7-16-12(2,3)4/h5-6,10,15H,7H2,1-4H3,(H2,13,14). The molecule has 1 atom stereocenters. The molecule has 0 spiro atoms. The first-order valence-electron chi connectivity index (χ1n) is 5.33. The third-order valence-electron chi connectivity index (χ3n) is 2.12. The predicted molar refractivity (Wildman–Crippen MR) is 70.6 cm³/mol. The fraction of sp³-hybridized carbons (Fsp3) is 0.583. The van der Waals surface area contributed by atoms with Gasteiger partial charge in [0.15, 0.2) is 0 Å². The molecule has 1 unspecified atom stereocenters. The van der Waals surface area contributed by atoms with Crippen molar-refractivity contribution in [3.63, 3.8) is 0 Å². The smallest absolute Gasteiger partial charge is 0.129 e. The molecule has 0 amide bonds. The van der Waals surface area contributed by atoms with Gasteiger partial charge in [0.1, 0.15) is 5.82 Å². The van der Waals surface area contributed by atoms with Crippen molar-refractivity contribution in [3.05, 3.63) is 23.4 Å². The summed E-state index contributed by atoms with van der Waals surface area (Å²) in [5.74, 6) is 1.06. The number of thioether (sulfide) groups is 1. The molecule has 0 saturated heterocycles. The van der Waals surface area contributed by atoms with Crippen LogP contribution in [0.2, 0.25) is 0 Å². The Hall–Kier alpha value is -0.740. The van der Waals surface area contributed by atoms with Crippen LogP contribution in [-0.4, -0.2) is 20.6 Å². The first-order chi connectivity index (χ1) is 7.29. The van der Waals surface area contributed by atoms with Gasteiger partial charge < -0.3 is 10.8 Å². The zero-order valence-electron chi connectivity index (χ0n) is 10.3. The summed E-state index contributed by atoms with van der Waals surface area (Å²) in [5, 5.41) is 10.0. The Labute approximate surface area is 101 Å². The van der Waals surface area contributed by atoms with E-state index < -0.39 is 6.10 Å². The molecule has 1 aromatic rings. The van der Waals surface area contributed by atoms with Gasteiger partial charge in [-0.25, -0.2) is 4.98 Å². The Balaban J connectivity index is 2.73. The summed E-state index contributed by atoms with van der Waals surface area (Å²) in [6.07, 6.45) is 1.17. The molecule has 0 fully saturated rings. The maximum Gasteiger partial charge on any atom is 0.129 e. The maximum atomic E-state index is 10.0. The van der Waals surface area contributed by atoms with Crippen LogP contribution in [-0.2, 0) is 0 Å². The molecule has 0 radical (unpaired) electrons. The molecule has 3 N–H and O–H groups in total. The average Bonchev–Trinajstić information content (AvgIpc) is 2.17. The molecule has 0 aliphatic carbocycles. The highest BCUT2D eigenvalue weighted by atomic mass is 32.2. The molecule has 0 aromatic carbocycles. The Kier molecular flexibility index (Phi) is 4.21. The molecule has 1 aromatic heterocycles. The SMILES string of the molecule is Cc1cnc(N)c(C(O)CSC(C)(C)C)c1. The Morgan fingerprint density at radius 3 is 2.69 bits per heavy atom. The number of hydrogen-bond acceptors (Lipinski definition) is 4. The molecule has 16 heavy (non-hydrogen) atoms. The zero-order valence-corrected chi connectivity index (χ0v) is 11.1. The molecular weight excluding hydrogens is 220 g/mol. The largest absolute Gasteiger partial charge is 0.387 e. The van der Waals surface area contributed by atoms with Gasteiger partial charge in [-0.3, -0.25) is 0 Å². The van der Waals surface area contributed by atoms with E-state index in [9.17, 15) is 5.11 Å². The lowest BCUT2D eigenvalue weighted by molar-refractivity contribution is 0.204. The molecule has 0 aliphatic rings. The number of anilines is 1. The maximum absolute atomic E-state index is 10.0. The van der Waals surface area contributed by atoms with E-state index in [4.69, 9.17) is 5.73 Å². The van der Waals surface area contributed by atoms with Crippen molar-refractivity contribution in [3.8, 4) is 0 Å². The fourth-order valence-corrected chi connectivity index (χ4v) is 2.13. The summed E-state index contributed by atoms with van der Waals surface area (Å²) in [7, 11) is 0. The second-order valence-corrected chi connectivity index (χ2v) is 6.77. The number of aliphatic hydroxyl groups is 1.